The van der Waals surface area contributed by atoms with Gasteiger partial charge in [0.05, 0.1) is 5.56 Å². The molecule has 0 aliphatic carbocycles. The first-order chi connectivity index (χ1) is 8.29. The van der Waals surface area contributed by atoms with Crippen molar-refractivity contribution in [3.8, 4) is 0 Å². The molecular formula is C13H14F3NO. The van der Waals surface area contributed by atoms with Crippen LogP contribution >= 0.6 is 0 Å². The predicted octanol–water partition coefficient (Wildman–Crippen LogP) is 3.05. The van der Waals surface area contributed by atoms with Gasteiger partial charge in [-0.15, -0.1) is 0 Å². The summed E-state index contributed by atoms with van der Waals surface area (Å²) in [7, 11) is 1.74. The Morgan fingerprint density at radius 2 is 2.11 bits per heavy atom. The van der Waals surface area contributed by atoms with Crippen LogP contribution in [0.5, 0.6) is 0 Å². The summed E-state index contributed by atoms with van der Waals surface area (Å²) in [5.74, 6) is 0.0516. The number of ketones is 1. The Labute approximate surface area is 103 Å². The lowest BCUT2D eigenvalue weighted by atomic mass is 10.0. The highest BCUT2D eigenvalue weighted by Crippen LogP contribution is 2.38. The van der Waals surface area contributed by atoms with Gasteiger partial charge in [-0.3, -0.25) is 4.79 Å². The fourth-order valence-electron chi connectivity index (χ4n) is 2.37. The molecule has 1 aromatic carbocycles. The summed E-state index contributed by atoms with van der Waals surface area (Å²) in [6.07, 6.45) is -3.33. The topological polar surface area (TPSA) is 20.3 Å². The highest BCUT2D eigenvalue weighted by atomic mass is 19.4. The van der Waals surface area contributed by atoms with Gasteiger partial charge in [0.25, 0.3) is 0 Å². The SMILES string of the molecule is CC(=O)CC1Cc2ccc(C(F)(F)F)cc2N1C. The number of alkyl halides is 3. The van der Waals surface area contributed by atoms with Gasteiger partial charge in [-0.25, -0.2) is 0 Å². The smallest absolute Gasteiger partial charge is 0.371 e. The molecule has 1 unspecified atom stereocenters. The van der Waals surface area contributed by atoms with E-state index in [1.165, 1.54) is 13.0 Å². The van der Waals surface area contributed by atoms with Gasteiger partial charge in [-0.2, -0.15) is 13.2 Å². The molecule has 0 saturated carbocycles. The first-order valence-corrected chi connectivity index (χ1v) is 5.71. The predicted molar refractivity (Wildman–Crippen MR) is 62.6 cm³/mol. The van der Waals surface area contributed by atoms with E-state index in [4.69, 9.17) is 0 Å². The second-order valence-corrected chi connectivity index (χ2v) is 4.72. The van der Waals surface area contributed by atoms with Crippen molar-refractivity contribution in [1.29, 1.82) is 0 Å². The highest BCUT2D eigenvalue weighted by Gasteiger charge is 2.34. The van der Waals surface area contributed by atoms with E-state index in [9.17, 15) is 18.0 Å². The standard InChI is InChI=1S/C13H14F3NO/c1-8(18)5-11-6-9-3-4-10(13(14,15)16)7-12(9)17(11)2/h3-4,7,11H,5-6H2,1-2H3. The number of Topliss-reactive ketones (excluding diaryl/α,β-unsaturated/α-hetero) is 1. The van der Waals surface area contributed by atoms with E-state index in [1.807, 2.05) is 0 Å². The number of hydrogen-bond acceptors (Lipinski definition) is 2. The number of benzene rings is 1. The van der Waals surface area contributed by atoms with Gasteiger partial charge in [0.15, 0.2) is 0 Å². The molecule has 2 nitrogen and oxygen atoms in total. The summed E-state index contributed by atoms with van der Waals surface area (Å²) < 4.78 is 37.9. The van der Waals surface area contributed by atoms with Crippen molar-refractivity contribution in [2.45, 2.75) is 32.0 Å². The van der Waals surface area contributed by atoms with Crippen molar-refractivity contribution in [2.24, 2.45) is 0 Å². The van der Waals surface area contributed by atoms with Gasteiger partial charge in [0.1, 0.15) is 5.78 Å². The summed E-state index contributed by atoms with van der Waals surface area (Å²) >= 11 is 0. The molecule has 0 aromatic heterocycles. The number of anilines is 1. The number of rotatable bonds is 2. The molecule has 0 N–H and O–H groups in total. The second-order valence-electron chi connectivity index (χ2n) is 4.72. The molecule has 1 aliphatic heterocycles. The Balaban J connectivity index is 2.30. The minimum Gasteiger partial charge on any atom is -0.371 e. The molecule has 5 heteroatoms. The van der Waals surface area contributed by atoms with E-state index in [-0.39, 0.29) is 11.8 Å². The van der Waals surface area contributed by atoms with Crippen LogP contribution in [0.4, 0.5) is 18.9 Å². The fourth-order valence-corrected chi connectivity index (χ4v) is 2.37. The molecule has 18 heavy (non-hydrogen) atoms. The zero-order chi connectivity index (χ0) is 13.5. The molecule has 0 spiro atoms. The Bertz CT molecular complexity index is 482. The quantitative estimate of drug-likeness (QED) is 0.811. The maximum Gasteiger partial charge on any atom is 0.416 e. The number of carbonyl (C=O) groups is 1. The molecule has 0 saturated heterocycles. The van der Waals surface area contributed by atoms with Crippen LogP contribution < -0.4 is 4.90 Å². The lowest BCUT2D eigenvalue weighted by Gasteiger charge is -2.22. The van der Waals surface area contributed by atoms with Crippen LogP contribution in [0, 0.1) is 0 Å². The number of carbonyl (C=O) groups excluding carboxylic acids is 1. The van der Waals surface area contributed by atoms with E-state index in [0.717, 1.165) is 17.7 Å². The van der Waals surface area contributed by atoms with E-state index in [0.29, 0.717) is 18.5 Å². The first kappa shape index (κ1) is 12.9. The van der Waals surface area contributed by atoms with Crippen molar-refractivity contribution in [1.82, 2.24) is 0 Å². The maximum atomic E-state index is 12.6. The lowest BCUT2D eigenvalue weighted by Crippen LogP contribution is -2.29. The minimum absolute atomic E-state index is 0.0269. The zero-order valence-electron chi connectivity index (χ0n) is 10.2. The van der Waals surface area contributed by atoms with E-state index in [2.05, 4.69) is 0 Å². The Morgan fingerprint density at radius 3 is 2.67 bits per heavy atom. The average Bonchev–Trinajstić information content (AvgIpc) is 2.53. The monoisotopic (exact) mass is 257 g/mol. The third-order valence-electron chi connectivity index (χ3n) is 3.32. The molecular weight excluding hydrogens is 243 g/mol. The lowest BCUT2D eigenvalue weighted by molar-refractivity contribution is -0.137. The minimum atomic E-state index is -4.32. The summed E-state index contributed by atoms with van der Waals surface area (Å²) in [5.41, 5.74) is 0.810. The third-order valence-corrected chi connectivity index (χ3v) is 3.32. The van der Waals surface area contributed by atoms with Gasteiger partial charge < -0.3 is 4.90 Å². The molecule has 1 aromatic rings. The maximum absolute atomic E-state index is 12.6. The number of likely N-dealkylation sites (N-methyl/N-ethyl adjacent to an activating group) is 1. The second kappa shape index (κ2) is 4.30. The third kappa shape index (κ3) is 2.35. The first-order valence-electron chi connectivity index (χ1n) is 5.71. The largest absolute Gasteiger partial charge is 0.416 e. The van der Waals surface area contributed by atoms with E-state index in [1.54, 1.807) is 11.9 Å². The van der Waals surface area contributed by atoms with Crippen molar-refractivity contribution in [3.63, 3.8) is 0 Å². The summed E-state index contributed by atoms with van der Waals surface area (Å²) in [6, 6.07) is 3.74. The normalized spacial score (nSPS) is 18.9. The van der Waals surface area contributed by atoms with Gasteiger partial charge in [-0.05, 0) is 31.0 Å². The average molecular weight is 257 g/mol. The summed E-state index contributed by atoms with van der Waals surface area (Å²) in [4.78, 5) is 12.9. The molecule has 0 fully saturated rings. The molecule has 1 heterocycles. The molecule has 98 valence electrons. The van der Waals surface area contributed by atoms with Gasteiger partial charge in [0.2, 0.25) is 0 Å². The summed E-state index contributed by atoms with van der Waals surface area (Å²) in [5, 5.41) is 0. The fraction of sp³-hybridized carbons (Fsp3) is 0.462. The number of fused-ring (bicyclic) bond motifs is 1. The van der Waals surface area contributed by atoms with Crippen LogP contribution in [-0.2, 0) is 17.4 Å². The van der Waals surface area contributed by atoms with Crippen molar-refractivity contribution in [3.05, 3.63) is 29.3 Å². The van der Waals surface area contributed by atoms with Gasteiger partial charge >= 0.3 is 6.18 Å². The van der Waals surface area contributed by atoms with Crippen LogP contribution in [0.15, 0.2) is 18.2 Å². The number of halogens is 3. The van der Waals surface area contributed by atoms with E-state index < -0.39 is 11.7 Å². The molecule has 0 bridgehead atoms. The van der Waals surface area contributed by atoms with Crippen molar-refractivity contribution >= 4 is 11.5 Å². The number of hydrogen-bond donors (Lipinski definition) is 0. The van der Waals surface area contributed by atoms with E-state index >= 15 is 0 Å². The molecule has 1 atom stereocenters. The van der Waals surface area contributed by atoms with Gasteiger partial charge in [-0.1, -0.05) is 6.07 Å². The molecule has 1 aliphatic rings. The molecule has 2 rings (SSSR count). The zero-order valence-corrected chi connectivity index (χ0v) is 10.2. The van der Waals surface area contributed by atoms with Crippen LogP contribution in [0.25, 0.3) is 0 Å². The van der Waals surface area contributed by atoms with Crippen LogP contribution in [0.2, 0.25) is 0 Å². The molecule has 0 radical (unpaired) electrons. The van der Waals surface area contributed by atoms with Crippen molar-refractivity contribution < 1.29 is 18.0 Å². The van der Waals surface area contributed by atoms with Crippen LogP contribution in [-0.4, -0.2) is 18.9 Å². The number of nitrogens with zero attached hydrogens (tertiary/aromatic N) is 1. The van der Waals surface area contributed by atoms with Gasteiger partial charge in [0, 0.05) is 25.2 Å². The van der Waals surface area contributed by atoms with Crippen LogP contribution in [0.1, 0.15) is 24.5 Å². The highest BCUT2D eigenvalue weighted by molar-refractivity contribution is 5.77. The Morgan fingerprint density at radius 1 is 1.44 bits per heavy atom. The van der Waals surface area contributed by atoms with Crippen LogP contribution in [0.3, 0.4) is 0 Å². The summed E-state index contributed by atoms with van der Waals surface area (Å²) in [6.45, 7) is 1.50. The molecule has 0 amide bonds. The Hall–Kier alpha value is -1.52. The van der Waals surface area contributed by atoms with Crippen molar-refractivity contribution in [2.75, 3.05) is 11.9 Å². The Kier molecular flexibility index (Phi) is 3.09.